The molecule has 5 N–H and O–H groups in total. The molecule has 0 bridgehead atoms. The van der Waals surface area contributed by atoms with Crippen molar-refractivity contribution in [3.63, 3.8) is 0 Å². The van der Waals surface area contributed by atoms with Gasteiger partial charge in [0.1, 0.15) is 17.9 Å². The number of sulfonamides is 1. The number of fused-ring (bicyclic) bond motifs is 1. The summed E-state index contributed by atoms with van der Waals surface area (Å²) in [5.41, 5.74) is 9.12. The second kappa shape index (κ2) is 15.9. The van der Waals surface area contributed by atoms with Crippen LogP contribution in [0.1, 0.15) is 48.1 Å². The van der Waals surface area contributed by atoms with E-state index in [0.29, 0.717) is 24.1 Å². The van der Waals surface area contributed by atoms with Crippen LogP contribution in [0.25, 0.3) is 0 Å². The van der Waals surface area contributed by atoms with E-state index in [0.717, 1.165) is 16.7 Å². The minimum atomic E-state index is -4.30. The molecule has 2 aliphatic rings. The normalized spacial score (nSPS) is 18.6. The summed E-state index contributed by atoms with van der Waals surface area (Å²) in [6, 6.07) is 8.57. The molecule has 0 unspecified atom stereocenters. The Morgan fingerprint density at radius 3 is 2.48 bits per heavy atom. The summed E-state index contributed by atoms with van der Waals surface area (Å²) in [6.45, 7) is 2.53. The maximum atomic E-state index is 14.0. The van der Waals surface area contributed by atoms with E-state index in [2.05, 4.69) is 4.72 Å². The lowest BCUT2D eigenvalue weighted by molar-refractivity contribution is -0.150. The Labute approximate surface area is 282 Å². The van der Waals surface area contributed by atoms with Crippen molar-refractivity contribution < 1.29 is 27.9 Å². The summed E-state index contributed by atoms with van der Waals surface area (Å²) in [5, 5.41) is 17.7. The van der Waals surface area contributed by atoms with E-state index in [1.807, 2.05) is 11.9 Å². The molecule has 2 aliphatic heterocycles. The molecule has 3 atom stereocenters. The molecule has 2 heterocycles. The number of carbonyl (C=O) groups is 3. The first-order chi connectivity index (χ1) is 20.7. The number of hydrogen-bond donors (Lipinski definition) is 4. The fourth-order valence-corrected chi connectivity index (χ4v) is 6.89. The van der Waals surface area contributed by atoms with Gasteiger partial charge in [-0.3, -0.25) is 19.9 Å². The van der Waals surface area contributed by atoms with E-state index < -0.39 is 34.0 Å². The van der Waals surface area contributed by atoms with Crippen molar-refractivity contribution in [3.05, 3.63) is 76.4 Å². The summed E-state index contributed by atoms with van der Waals surface area (Å²) in [7, 11) is 0.948. The Morgan fingerprint density at radius 2 is 1.85 bits per heavy atom. The maximum Gasteiger partial charge on any atom is 0.326 e. The van der Waals surface area contributed by atoms with E-state index in [-0.39, 0.29) is 73.3 Å². The molecule has 2 aromatic carbocycles. The fraction of sp³-hybridized carbons (Fsp3) is 0.419. The second-order valence-electron chi connectivity index (χ2n) is 11.7. The summed E-state index contributed by atoms with van der Waals surface area (Å²) >= 11 is 0. The molecule has 252 valence electrons. The standard InChI is InChI=1S/C31H40N6O6S.2ClH/c1-19-10-13-37(27(14-19)31(40)41)30(39)25(16-20-6-5-7-22(15-20)29(32)33)34-44(42,43)23-9-8-21-11-12-36(4)26(24(21)17-23)18-28(38)35(2)3;;/h5-10,15,17,25-27,34H,11-14,16,18H2,1-4H3,(H3,32,33)(H,40,41);2*1H/t25-,26+,27+;;/m0../s1. The monoisotopic (exact) mass is 696 g/mol. The van der Waals surface area contributed by atoms with Gasteiger partial charge >= 0.3 is 5.97 Å². The molecule has 2 amide bonds. The molecule has 46 heavy (non-hydrogen) atoms. The topological polar surface area (TPSA) is 177 Å². The average Bonchev–Trinajstić information content (AvgIpc) is 2.97. The molecule has 12 nitrogen and oxygen atoms in total. The molecule has 0 saturated heterocycles. The van der Waals surface area contributed by atoms with Crippen molar-refractivity contribution in [2.45, 2.75) is 55.6 Å². The zero-order chi connectivity index (χ0) is 32.3. The maximum absolute atomic E-state index is 14.0. The van der Waals surface area contributed by atoms with Crippen molar-refractivity contribution in [1.82, 2.24) is 19.4 Å². The zero-order valence-electron chi connectivity index (χ0n) is 26.2. The number of nitrogen functional groups attached to an aromatic ring is 1. The number of rotatable bonds is 10. The van der Waals surface area contributed by atoms with Crippen molar-refractivity contribution in [2.75, 3.05) is 34.2 Å². The highest BCUT2D eigenvalue weighted by molar-refractivity contribution is 7.89. The van der Waals surface area contributed by atoms with E-state index in [1.54, 1.807) is 63.5 Å². The largest absolute Gasteiger partial charge is 0.480 e. The van der Waals surface area contributed by atoms with Crippen LogP contribution in [0.3, 0.4) is 0 Å². The molecule has 15 heteroatoms. The minimum Gasteiger partial charge on any atom is -0.480 e. The molecule has 4 rings (SSSR count). The molecule has 0 spiro atoms. The van der Waals surface area contributed by atoms with Crippen LogP contribution in [-0.2, 0) is 37.2 Å². The van der Waals surface area contributed by atoms with Gasteiger partial charge in [-0.15, -0.1) is 24.8 Å². The smallest absolute Gasteiger partial charge is 0.326 e. The van der Waals surface area contributed by atoms with E-state index in [9.17, 15) is 27.9 Å². The number of aliphatic carboxylic acids is 1. The van der Waals surface area contributed by atoms with Crippen LogP contribution >= 0.6 is 24.8 Å². The number of benzene rings is 2. The number of carbonyl (C=O) groups excluding carboxylic acids is 2. The van der Waals surface area contributed by atoms with E-state index in [1.165, 1.54) is 15.9 Å². The van der Waals surface area contributed by atoms with Crippen LogP contribution in [0.2, 0.25) is 0 Å². The second-order valence-corrected chi connectivity index (χ2v) is 13.4. The van der Waals surface area contributed by atoms with Gasteiger partial charge in [0.2, 0.25) is 21.8 Å². The van der Waals surface area contributed by atoms with Crippen LogP contribution in [0.15, 0.2) is 59.0 Å². The van der Waals surface area contributed by atoms with Gasteiger partial charge in [-0.1, -0.05) is 35.9 Å². The van der Waals surface area contributed by atoms with Crippen LogP contribution in [0.4, 0.5) is 0 Å². The third kappa shape index (κ3) is 8.85. The van der Waals surface area contributed by atoms with Crippen molar-refractivity contribution >= 4 is 58.5 Å². The van der Waals surface area contributed by atoms with Gasteiger partial charge < -0.3 is 20.6 Å². The summed E-state index contributed by atoms with van der Waals surface area (Å²) < 4.78 is 30.4. The Kier molecular flexibility index (Phi) is 13.4. The molecule has 2 aromatic rings. The molecule has 0 fully saturated rings. The fourth-order valence-electron chi connectivity index (χ4n) is 5.66. The summed E-state index contributed by atoms with van der Waals surface area (Å²) in [5.74, 6) is -2.12. The van der Waals surface area contributed by atoms with Crippen LogP contribution in [0, 0.1) is 5.41 Å². The van der Waals surface area contributed by atoms with Crippen molar-refractivity contribution in [2.24, 2.45) is 5.73 Å². The molecular weight excluding hydrogens is 655 g/mol. The molecule has 0 radical (unpaired) electrons. The number of carboxylic acids is 1. The lowest BCUT2D eigenvalue weighted by atomic mass is 9.91. The number of nitrogens with one attached hydrogen (secondary N) is 2. The van der Waals surface area contributed by atoms with Gasteiger partial charge in [-0.25, -0.2) is 13.2 Å². The number of likely N-dealkylation sites (N-methyl/N-ethyl adjacent to an activating group) is 1. The Bertz CT molecular complexity index is 1620. The van der Waals surface area contributed by atoms with Crippen LogP contribution in [-0.4, -0.2) is 98.2 Å². The van der Waals surface area contributed by atoms with E-state index in [4.69, 9.17) is 11.1 Å². The predicted octanol–water partition coefficient (Wildman–Crippen LogP) is 2.34. The number of nitrogens with two attached hydrogens (primary N) is 1. The highest BCUT2D eigenvalue weighted by atomic mass is 35.5. The van der Waals surface area contributed by atoms with Crippen LogP contribution in [0.5, 0.6) is 0 Å². The van der Waals surface area contributed by atoms with Gasteiger partial charge in [0.25, 0.3) is 0 Å². The molecule has 0 aliphatic carbocycles. The minimum absolute atomic E-state index is 0. The summed E-state index contributed by atoms with van der Waals surface area (Å²) in [4.78, 5) is 43.3. The number of carboxylic acid groups (broad SMARTS) is 1. The lowest BCUT2D eigenvalue weighted by Gasteiger charge is -2.35. The predicted molar refractivity (Wildman–Crippen MR) is 180 cm³/mol. The van der Waals surface area contributed by atoms with Gasteiger partial charge in [-0.2, -0.15) is 4.72 Å². The SMILES string of the molecule is CC1=CCN(C(=O)[C@H](Cc2cccc(C(=N)N)c2)NS(=O)(=O)c2ccc3c(c2)[C@@H](CC(=O)N(C)C)N(C)CC3)[C@@H](C(=O)O)C1.Cl.Cl. The highest BCUT2D eigenvalue weighted by Crippen LogP contribution is 2.33. The number of hydrogen-bond acceptors (Lipinski definition) is 7. The quantitative estimate of drug-likeness (QED) is 0.166. The van der Waals surface area contributed by atoms with Gasteiger partial charge in [0.05, 0.1) is 4.90 Å². The van der Waals surface area contributed by atoms with Gasteiger partial charge in [0.15, 0.2) is 0 Å². The zero-order valence-corrected chi connectivity index (χ0v) is 28.7. The Hall–Kier alpha value is -3.49. The number of amides is 2. The highest BCUT2D eigenvalue weighted by Gasteiger charge is 2.38. The van der Waals surface area contributed by atoms with E-state index >= 15 is 0 Å². The van der Waals surface area contributed by atoms with Crippen LogP contribution < -0.4 is 10.5 Å². The Morgan fingerprint density at radius 1 is 1.15 bits per heavy atom. The lowest BCUT2D eigenvalue weighted by Crippen LogP contribution is -2.55. The number of amidine groups is 1. The third-order valence-corrected chi connectivity index (χ3v) is 9.76. The number of nitrogens with zero attached hydrogens (tertiary/aromatic N) is 3. The number of halogens is 2. The molecular formula is C31H42Cl2N6O6S. The third-order valence-electron chi connectivity index (χ3n) is 8.29. The Balaban J connectivity index is 0.00000368. The average molecular weight is 698 g/mol. The molecule has 0 aromatic heterocycles. The first-order valence-corrected chi connectivity index (χ1v) is 15.8. The van der Waals surface area contributed by atoms with Crippen molar-refractivity contribution in [3.8, 4) is 0 Å². The van der Waals surface area contributed by atoms with Gasteiger partial charge in [-0.05, 0) is 68.1 Å². The van der Waals surface area contributed by atoms with Crippen molar-refractivity contribution in [1.29, 1.82) is 5.41 Å². The first kappa shape index (κ1) is 38.7. The summed E-state index contributed by atoms with van der Waals surface area (Å²) in [6.07, 6.45) is 2.66. The molecule has 0 saturated carbocycles. The van der Waals surface area contributed by atoms with Gasteiger partial charge in [0, 0.05) is 45.2 Å². The first-order valence-electron chi connectivity index (χ1n) is 14.4.